The molecule has 2 rings (SSSR count). The zero-order valence-electron chi connectivity index (χ0n) is 13.1. The highest BCUT2D eigenvalue weighted by Crippen LogP contribution is 2.19. The van der Waals surface area contributed by atoms with Crippen LogP contribution in [0.1, 0.15) is 45.4 Å². The largest absolute Gasteiger partial charge is 0.310 e. The number of carbonyl (C=O) groups excluding carboxylic acids is 1. The lowest BCUT2D eigenvalue weighted by Crippen LogP contribution is -2.38. The standard InChI is InChI=1S/C17H27N3O/c1-2-3-4-7-12-20-13-9-15(10-14-20)17(21)19-16-8-5-6-11-18-16/h5-6,8,11,15H,2-4,7,9-10,12-14H2,1H3,(H,18,19,21). The molecule has 116 valence electrons. The van der Waals surface area contributed by atoms with Gasteiger partial charge in [-0.25, -0.2) is 4.98 Å². The quantitative estimate of drug-likeness (QED) is 0.783. The molecule has 1 saturated heterocycles. The van der Waals surface area contributed by atoms with Crippen molar-refractivity contribution in [3.05, 3.63) is 24.4 Å². The monoisotopic (exact) mass is 289 g/mol. The highest BCUT2D eigenvalue weighted by atomic mass is 16.1. The summed E-state index contributed by atoms with van der Waals surface area (Å²) < 4.78 is 0. The molecule has 0 bridgehead atoms. The number of anilines is 1. The molecule has 21 heavy (non-hydrogen) atoms. The summed E-state index contributed by atoms with van der Waals surface area (Å²) in [6.07, 6.45) is 8.88. The summed E-state index contributed by atoms with van der Waals surface area (Å²) in [5.41, 5.74) is 0. The van der Waals surface area contributed by atoms with E-state index < -0.39 is 0 Å². The molecule has 1 amide bonds. The van der Waals surface area contributed by atoms with Crippen molar-refractivity contribution in [3.63, 3.8) is 0 Å². The lowest BCUT2D eigenvalue weighted by atomic mass is 9.95. The summed E-state index contributed by atoms with van der Waals surface area (Å²) in [5, 5.41) is 2.92. The van der Waals surface area contributed by atoms with E-state index in [9.17, 15) is 4.79 Å². The van der Waals surface area contributed by atoms with Gasteiger partial charge in [-0.05, 0) is 51.0 Å². The second-order valence-corrected chi connectivity index (χ2v) is 5.88. The van der Waals surface area contributed by atoms with Gasteiger partial charge >= 0.3 is 0 Å². The Morgan fingerprint density at radius 2 is 2.10 bits per heavy atom. The first-order valence-corrected chi connectivity index (χ1v) is 8.24. The zero-order valence-corrected chi connectivity index (χ0v) is 13.1. The van der Waals surface area contributed by atoms with Crippen molar-refractivity contribution in [3.8, 4) is 0 Å². The van der Waals surface area contributed by atoms with Gasteiger partial charge in [-0.15, -0.1) is 0 Å². The minimum Gasteiger partial charge on any atom is -0.310 e. The minimum atomic E-state index is 0.124. The Morgan fingerprint density at radius 3 is 2.76 bits per heavy atom. The highest BCUT2D eigenvalue weighted by molar-refractivity contribution is 5.91. The number of piperidine rings is 1. The SMILES string of the molecule is CCCCCCN1CCC(C(=O)Nc2ccccn2)CC1. The number of likely N-dealkylation sites (tertiary alicyclic amines) is 1. The van der Waals surface area contributed by atoms with E-state index in [4.69, 9.17) is 0 Å². The van der Waals surface area contributed by atoms with Crippen molar-refractivity contribution in [1.29, 1.82) is 0 Å². The van der Waals surface area contributed by atoms with Crippen LogP contribution in [0, 0.1) is 5.92 Å². The molecule has 0 unspecified atom stereocenters. The van der Waals surface area contributed by atoms with Crippen LogP contribution in [-0.2, 0) is 4.79 Å². The van der Waals surface area contributed by atoms with Gasteiger partial charge in [0, 0.05) is 12.1 Å². The smallest absolute Gasteiger partial charge is 0.228 e. The molecule has 1 aromatic rings. The maximum absolute atomic E-state index is 12.2. The second-order valence-electron chi connectivity index (χ2n) is 5.88. The molecule has 0 radical (unpaired) electrons. The maximum atomic E-state index is 12.2. The van der Waals surface area contributed by atoms with Crippen LogP contribution in [0.25, 0.3) is 0 Å². The van der Waals surface area contributed by atoms with E-state index >= 15 is 0 Å². The van der Waals surface area contributed by atoms with E-state index in [-0.39, 0.29) is 11.8 Å². The Hall–Kier alpha value is -1.42. The molecule has 1 N–H and O–H groups in total. The van der Waals surface area contributed by atoms with E-state index in [0.717, 1.165) is 25.9 Å². The van der Waals surface area contributed by atoms with E-state index in [1.54, 1.807) is 6.20 Å². The number of hydrogen-bond donors (Lipinski definition) is 1. The molecule has 4 heteroatoms. The predicted octanol–water partition coefficient (Wildman–Crippen LogP) is 3.31. The third-order valence-electron chi connectivity index (χ3n) is 4.20. The Balaban J connectivity index is 1.67. The molecular weight excluding hydrogens is 262 g/mol. The summed E-state index contributed by atoms with van der Waals surface area (Å²) in [7, 11) is 0. The number of nitrogens with one attached hydrogen (secondary N) is 1. The first kappa shape index (κ1) is 16.0. The normalized spacial score (nSPS) is 16.8. The van der Waals surface area contributed by atoms with Crippen LogP contribution in [0.15, 0.2) is 24.4 Å². The van der Waals surface area contributed by atoms with Gasteiger partial charge in [-0.1, -0.05) is 32.3 Å². The average molecular weight is 289 g/mol. The Kier molecular flexibility index (Phi) is 6.67. The molecule has 4 nitrogen and oxygen atoms in total. The van der Waals surface area contributed by atoms with Gasteiger partial charge in [-0.2, -0.15) is 0 Å². The van der Waals surface area contributed by atoms with Gasteiger partial charge in [0.1, 0.15) is 5.82 Å². The van der Waals surface area contributed by atoms with E-state index in [2.05, 4.69) is 22.1 Å². The Morgan fingerprint density at radius 1 is 1.29 bits per heavy atom. The maximum Gasteiger partial charge on any atom is 0.228 e. The third kappa shape index (κ3) is 5.46. The summed E-state index contributed by atoms with van der Waals surface area (Å²) in [4.78, 5) is 18.8. The predicted molar refractivity (Wildman–Crippen MR) is 86.2 cm³/mol. The summed E-state index contributed by atoms with van der Waals surface area (Å²) in [6.45, 7) is 5.53. The van der Waals surface area contributed by atoms with Gasteiger partial charge in [0.05, 0.1) is 0 Å². The topological polar surface area (TPSA) is 45.2 Å². The number of nitrogens with zero attached hydrogens (tertiary/aromatic N) is 2. The highest BCUT2D eigenvalue weighted by Gasteiger charge is 2.24. The third-order valence-corrected chi connectivity index (χ3v) is 4.20. The van der Waals surface area contributed by atoms with Gasteiger partial charge in [0.2, 0.25) is 5.91 Å². The molecule has 1 fully saturated rings. The molecule has 0 aliphatic carbocycles. The van der Waals surface area contributed by atoms with Crippen LogP contribution >= 0.6 is 0 Å². The lowest BCUT2D eigenvalue weighted by Gasteiger charge is -2.31. The zero-order chi connectivity index (χ0) is 14.9. The van der Waals surface area contributed by atoms with E-state index in [1.165, 1.54) is 32.2 Å². The van der Waals surface area contributed by atoms with Crippen LogP contribution in [-0.4, -0.2) is 35.4 Å². The molecular formula is C17H27N3O. The average Bonchev–Trinajstić information content (AvgIpc) is 2.53. The number of amides is 1. The number of carbonyl (C=O) groups is 1. The molecule has 1 aliphatic rings. The van der Waals surface area contributed by atoms with Crippen molar-refractivity contribution in [2.45, 2.75) is 45.4 Å². The molecule has 1 aliphatic heterocycles. The lowest BCUT2D eigenvalue weighted by molar-refractivity contribution is -0.121. The van der Waals surface area contributed by atoms with Crippen LogP contribution in [0.3, 0.4) is 0 Å². The summed E-state index contributed by atoms with van der Waals surface area (Å²) in [6, 6.07) is 5.58. The van der Waals surface area contributed by atoms with Crippen molar-refractivity contribution in [1.82, 2.24) is 9.88 Å². The first-order valence-electron chi connectivity index (χ1n) is 8.24. The minimum absolute atomic E-state index is 0.124. The molecule has 0 saturated carbocycles. The molecule has 0 aromatic carbocycles. The Labute approximate surface area is 127 Å². The molecule has 0 atom stereocenters. The van der Waals surface area contributed by atoms with Gasteiger partial charge < -0.3 is 10.2 Å². The number of unbranched alkanes of at least 4 members (excludes halogenated alkanes) is 3. The number of aromatic nitrogens is 1. The van der Waals surface area contributed by atoms with Crippen LogP contribution in [0.4, 0.5) is 5.82 Å². The number of rotatable bonds is 7. The van der Waals surface area contributed by atoms with Gasteiger partial charge in [-0.3, -0.25) is 4.79 Å². The number of hydrogen-bond acceptors (Lipinski definition) is 3. The van der Waals surface area contributed by atoms with Crippen molar-refractivity contribution >= 4 is 11.7 Å². The van der Waals surface area contributed by atoms with Gasteiger partial charge in [0.15, 0.2) is 0 Å². The molecule has 2 heterocycles. The first-order chi connectivity index (χ1) is 10.3. The van der Waals surface area contributed by atoms with Crippen molar-refractivity contribution in [2.75, 3.05) is 25.0 Å². The van der Waals surface area contributed by atoms with Crippen molar-refractivity contribution in [2.24, 2.45) is 5.92 Å². The van der Waals surface area contributed by atoms with E-state index in [0.29, 0.717) is 5.82 Å². The summed E-state index contributed by atoms with van der Waals surface area (Å²) >= 11 is 0. The molecule has 1 aromatic heterocycles. The fraction of sp³-hybridized carbons (Fsp3) is 0.647. The summed E-state index contributed by atoms with van der Waals surface area (Å²) in [5.74, 6) is 0.919. The fourth-order valence-electron chi connectivity index (χ4n) is 2.85. The van der Waals surface area contributed by atoms with Crippen molar-refractivity contribution < 1.29 is 4.79 Å². The van der Waals surface area contributed by atoms with E-state index in [1.807, 2.05) is 18.2 Å². The second kappa shape index (κ2) is 8.78. The number of pyridine rings is 1. The Bertz CT molecular complexity index is 413. The van der Waals surface area contributed by atoms with Crippen LogP contribution in [0.2, 0.25) is 0 Å². The van der Waals surface area contributed by atoms with Gasteiger partial charge in [0.25, 0.3) is 0 Å². The molecule has 0 spiro atoms. The van der Waals surface area contributed by atoms with Crippen LogP contribution < -0.4 is 5.32 Å². The van der Waals surface area contributed by atoms with Crippen LogP contribution in [0.5, 0.6) is 0 Å². The fourth-order valence-corrected chi connectivity index (χ4v) is 2.85.